The third kappa shape index (κ3) is 4.54. The maximum absolute atomic E-state index is 13.6. The summed E-state index contributed by atoms with van der Waals surface area (Å²) in [7, 11) is 0. The summed E-state index contributed by atoms with van der Waals surface area (Å²) >= 11 is 1.20. The topological polar surface area (TPSA) is 124 Å². The Kier molecular flexibility index (Phi) is 6.41. The molecule has 186 valence electrons. The molecule has 1 unspecified atom stereocenters. The molecule has 9 nitrogen and oxygen atoms in total. The fourth-order valence-corrected chi connectivity index (χ4v) is 5.13. The van der Waals surface area contributed by atoms with E-state index in [0.717, 1.165) is 5.56 Å². The van der Waals surface area contributed by atoms with Crippen LogP contribution in [-0.4, -0.2) is 33.2 Å². The number of carbonyl (C=O) groups excluding carboxylic acids is 1. The zero-order chi connectivity index (χ0) is 26.1. The Morgan fingerprint density at radius 3 is 2.62 bits per heavy atom. The number of nitrogens with zero attached hydrogens (tertiary/aromatic N) is 3. The fraction of sp³-hybridized carbons (Fsp3) is 0.148. The second-order valence-corrected chi connectivity index (χ2v) is 9.16. The summed E-state index contributed by atoms with van der Waals surface area (Å²) in [5.74, 6) is -0.728. The summed E-state index contributed by atoms with van der Waals surface area (Å²) in [5, 5.41) is 9.06. The van der Waals surface area contributed by atoms with Crippen LogP contribution < -0.4 is 14.9 Å². The van der Waals surface area contributed by atoms with E-state index in [1.807, 2.05) is 30.3 Å². The van der Waals surface area contributed by atoms with Crippen LogP contribution >= 0.6 is 11.3 Å². The number of furan rings is 1. The van der Waals surface area contributed by atoms with Crippen molar-refractivity contribution < 1.29 is 23.8 Å². The third-order valence-corrected chi connectivity index (χ3v) is 6.78. The second kappa shape index (κ2) is 9.82. The van der Waals surface area contributed by atoms with Crippen LogP contribution in [0.15, 0.2) is 86.3 Å². The second-order valence-electron chi connectivity index (χ2n) is 8.15. The molecule has 5 rings (SSSR count). The number of pyridine rings is 1. The van der Waals surface area contributed by atoms with E-state index in [-0.39, 0.29) is 17.7 Å². The van der Waals surface area contributed by atoms with Crippen LogP contribution in [0.4, 0.5) is 0 Å². The zero-order valence-corrected chi connectivity index (χ0v) is 20.7. The van der Waals surface area contributed by atoms with Crippen molar-refractivity contribution in [1.82, 2.24) is 9.55 Å². The molecule has 1 atom stereocenters. The van der Waals surface area contributed by atoms with Crippen molar-refractivity contribution in [3.8, 4) is 11.5 Å². The summed E-state index contributed by atoms with van der Waals surface area (Å²) in [6, 6.07) is 15.0. The lowest BCUT2D eigenvalue weighted by Crippen LogP contribution is -2.39. The number of thiazole rings is 1. The van der Waals surface area contributed by atoms with Gasteiger partial charge in [0.2, 0.25) is 0 Å². The first kappa shape index (κ1) is 24.1. The smallest absolute Gasteiger partial charge is 0.338 e. The SMILES string of the molecule is CCOC(=O)C1=C(C)N=c2s/c(=C\c3ccc(-c4ccc(C(=O)O)cn4)o3)c(=O)n2C1c1ccccc1. The van der Waals surface area contributed by atoms with Gasteiger partial charge in [-0.1, -0.05) is 41.7 Å². The van der Waals surface area contributed by atoms with Gasteiger partial charge in [0, 0.05) is 12.3 Å². The van der Waals surface area contributed by atoms with E-state index < -0.39 is 18.0 Å². The Hall–Kier alpha value is -4.57. The van der Waals surface area contributed by atoms with Crippen LogP contribution in [-0.2, 0) is 9.53 Å². The van der Waals surface area contributed by atoms with E-state index in [4.69, 9.17) is 14.3 Å². The lowest BCUT2D eigenvalue weighted by atomic mass is 9.96. The molecule has 1 aliphatic rings. The van der Waals surface area contributed by atoms with Gasteiger partial charge < -0.3 is 14.3 Å². The van der Waals surface area contributed by atoms with Gasteiger partial charge in [0.05, 0.1) is 34.0 Å². The van der Waals surface area contributed by atoms with Gasteiger partial charge in [-0.2, -0.15) is 0 Å². The van der Waals surface area contributed by atoms with Gasteiger partial charge in [0.25, 0.3) is 5.56 Å². The molecule has 0 aliphatic carbocycles. The molecule has 3 aromatic heterocycles. The van der Waals surface area contributed by atoms with Crippen molar-refractivity contribution in [2.75, 3.05) is 6.61 Å². The summed E-state index contributed by atoms with van der Waals surface area (Å²) in [4.78, 5) is 46.7. The molecular formula is C27H21N3O6S. The summed E-state index contributed by atoms with van der Waals surface area (Å²) in [5.41, 5.74) is 1.81. The number of hydrogen-bond donors (Lipinski definition) is 1. The predicted molar refractivity (Wildman–Crippen MR) is 136 cm³/mol. The highest BCUT2D eigenvalue weighted by molar-refractivity contribution is 7.07. The van der Waals surface area contributed by atoms with Crippen LogP contribution in [0, 0.1) is 0 Å². The van der Waals surface area contributed by atoms with Gasteiger partial charge in [0.15, 0.2) is 10.6 Å². The molecule has 1 aromatic carbocycles. The number of allylic oxidation sites excluding steroid dienone is 1. The highest BCUT2D eigenvalue weighted by Crippen LogP contribution is 2.30. The van der Waals surface area contributed by atoms with E-state index in [9.17, 15) is 14.4 Å². The number of carbonyl (C=O) groups is 2. The number of aromatic nitrogens is 2. The normalized spacial score (nSPS) is 15.3. The van der Waals surface area contributed by atoms with E-state index in [1.54, 1.807) is 38.1 Å². The maximum atomic E-state index is 13.6. The Morgan fingerprint density at radius 1 is 1.16 bits per heavy atom. The number of benzene rings is 1. The number of fused-ring (bicyclic) bond motifs is 1. The highest BCUT2D eigenvalue weighted by atomic mass is 32.1. The average Bonchev–Trinajstić information content (AvgIpc) is 3.48. The lowest BCUT2D eigenvalue weighted by molar-refractivity contribution is -0.139. The zero-order valence-electron chi connectivity index (χ0n) is 19.9. The van der Waals surface area contributed by atoms with Gasteiger partial charge in [-0.3, -0.25) is 14.3 Å². The van der Waals surface area contributed by atoms with Crippen molar-refractivity contribution in [2.24, 2.45) is 4.99 Å². The number of carboxylic acids is 1. The summed E-state index contributed by atoms with van der Waals surface area (Å²) < 4.78 is 13.1. The molecule has 4 aromatic rings. The molecule has 0 fully saturated rings. The first-order chi connectivity index (χ1) is 17.9. The fourth-order valence-electron chi connectivity index (χ4n) is 4.11. The van der Waals surface area contributed by atoms with Crippen LogP contribution in [0.3, 0.4) is 0 Å². The van der Waals surface area contributed by atoms with Crippen molar-refractivity contribution in [3.63, 3.8) is 0 Å². The molecule has 0 bridgehead atoms. The minimum absolute atomic E-state index is 0.0714. The Morgan fingerprint density at radius 2 is 1.95 bits per heavy atom. The number of rotatable bonds is 6. The number of esters is 1. The quantitative estimate of drug-likeness (QED) is 0.391. The largest absolute Gasteiger partial charge is 0.478 e. The Balaban J connectivity index is 1.59. The molecule has 1 aliphatic heterocycles. The highest BCUT2D eigenvalue weighted by Gasteiger charge is 2.33. The number of hydrogen-bond acceptors (Lipinski definition) is 8. The molecule has 10 heteroatoms. The molecule has 0 saturated heterocycles. The number of carboxylic acid groups (broad SMARTS) is 1. The van der Waals surface area contributed by atoms with Crippen molar-refractivity contribution in [2.45, 2.75) is 19.9 Å². The van der Waals surface area contributed by atoms with Crippen molar-refractivity contribution in [3.05, 3.63) is 109 Å². The van der Waals surface area contributed by atoms with E-state index in [2.05, 4.69) is 9.98 Å². The van der Waals surface area contributed by atoms with Crippen LogP contribution in [0.5, 0.6) is 0 Å². The number of aromatic carboxylic acids is 1. The molecule has 37 heavy (non-hydrogen) atoms. The maximum Gasteiger partial charge on any atom is 0.338 e. The minimum Gasteiger partial charge on any atom is -0.478 e. The molecule has 0 radical (unpaired) electrons. The van der Waals surface area contributed by atoms with Gasteiger partial charge in [0.1, 0.15) is 11.5 Å². The Bertz CT molecular complexity index is 1710. The van der Waals surface area contributed by atoms with Crippen LogP contribution in [0.25, 0.3) is 17.5 Å². The van der Waals surface area contributed by atoms with Crippen molar-refractivity contribution >= 4 is 29.4 Å². The van der Waals surface area contributed by atoms with Crippen molar-refractivity contribution in [1.29, 1.82) is 0 Å². The third-order valence-electron chi connectivity index (χ3n) is 5.80. The molecule has 4 heterocycles. The summed E-state index contributed by atoms with van der Waals surface area (Å²) in [6.45, 7) is 3.67. The average molecular weight is 516 g/mol. The lowest BCUT2D eigenvalue weighted by Gasteiger charge is -2.24. The van der Waals surface area contributed by atoms with Gasteiger partial charge in [-0.05, 0) is 43.7 Å². The minimum atomic E-state index is -1.07. The van der Waals surface area contributed by atoms with Crippen LogP contribution in [0.1, 0.15) is 41.6 Å². The molecule has 0 spiro atoms. The van der Waals surface area contributed by atoms with Gasteiger partial charge >= 0.3 is 11.9 Å². The van der Waals surface area contributed by atoms with Gasteiger partial charge in [-0.15, -0.1) is 0 Å². The predicted octanol–water partition coefficient (Wildman–Crippen LogP) is 3.15. The number of ether oxygens (including phenoxy) is 1. The van der Waals surface area contributed by atoms with E-state index in [0.29, 0.717) is 37.8 Å². The first-order valence-corrected chi connectivity index (χ1v) is 12.2. The van der Waals surface area contributed by atoms with Crippen LogP contribution in [0.2, 0.25) is 0 Å². The molecule has 1 N–H and O–H groups in total. The Labute approximate surface area is 214 Å². The standard InChI is InChI=1S/C27H21N3O6S/c1-3-35-26(34)22-15(2)29-27-30(23(22)16-7-5-4-6-8-16)24(31)21(37-27)13-18-10-12-20(36-18)19-11-9-17(14-28-19)25(32)33/h4-14,23H,3H2,1-2H3,(H,32,33)/b21-13-. The van der Waals surface area contributed by atoms with Gasteiger partial charge in [-0.25, -0.2) is 14.6 Å². The first-order valence-electron chi connectivity index (χ1n) is 11.4. The molecule has 0 saturated carbocycles. The molecular weight excluding hydrogens is 494 g/mol. The van der Waals surface area contributed by atoms with E-state index >= 15 is 0 Å². The summed E-state index contributed by atoms with van der Waals surface area (Å²) in [6.07, 6.45) is 2.87. The van der Waals surface area contributed by atoms with E-state index in [1.165, 1.54) is 28.2 Å². The molecule has 0 amide bonds. The monoisotopic (exact) mass is 515 g/mol.